The molecule has 0 saturated carbocycles. The second-order valence-corrected chi connectivity index (χ2v) is 10.3. The summed E-state index contributed by atoms with van der Waals surface area (Å²) < 4.78 is 1.29. The number of likely N-dealkylation sites (N-methyl/N-ethyl adjacent to an activating group) is 1. The lowest BCUT2D eigenvalue weighted by molar-refractivity contribution is -0.116. The lowest BCUT2D eigenvalue weighted by Crippen LogP contribution is -2.48. The molecule has 0 fully saturated rings. The van der Waals surface area contributed by atoms with Crippen LogP contribution in [0.25, 0.3) is 0 Å². The number of benzene rings is 1. The maximum Gasteiger partial charge on any atom is 0.337 e. The second kappa shape index (κ2) is 17.2. The van der Waals surface area contributed by atoms with Crippen LogP contribution in [0.2, 0.25) is 0 Å². The zero-order chi connectivity index (χ0) is 27.5. The van der Waals surface area contributed by atoms with E-state index in [0.29, 0.717) is 29.2 Å². The first kappa shape index (κ1) is 34.6. The van der Waals surface area contributed by atoms with E-state index in [4.69, 9.17) is 20.4 Å². The summed E-state index contributed by atoms with van der Waals surface area (Å²) in [6.45, 7) is 1.31. The molecule has 0 saturated heterocycles. The van der Waals surface area contributed by atoms with Crippen LogP contribution in [-0.4, -0.2) is 100 Å². The number of rotatable bonds is 11. The van der Waals surface area contributed by atoms with Crippen molar-refractivity contribution < 1.29 is 45.0 Å². The molecular formula is C20H30I3N3O9. The number of nitrogens with one attached hydrogen (secondary N) is 3. The van der Waals surface area contributed by atoms with Crippen molar-refractivity contribution in [1.29, 1.82) is 0 Å². The van der Waals surface area contributed by atoms with Crippen molar-refractivity contribution in [2.45, 2.75) is 44.2 Å². The van der Waals surface area contributed by atoms with Gasteiger partial charge in [0.05, 0.1) is 36.7 Å². The predicted molar refractivity (Wildman–Crippen MR) is 154 cm³/mol. The van der Waals surface area contributed by atoms with E-state index in [0.717, 1.165) is 0 Å². The van der Waals surface area contributed by atoms with Gasteiger partial charge in [-0.25, -0.2) is 4.79 Å². The largest absolute Gasteiger partial charge is 0.478 e. The summed E-state index contributed by atoms with van der Waals surface area (Å²) in [5.74, 6) is -1.74. The summed E-state index contributed by atoms with van der Waals surface area (Å²) in [6.07, 6.45) is -4.64. The van der Waals surface area contributed by atoms with E-state index in [1.54, 1.807) is 7.05 Å². The normalized spacial score (nSPS) is 14.1. The Bertz CT molecular complexity index is 889. The van der Waals surface area contributed by atoms with Gasteiger partial charge in [-0.1, -0.05) is 6.92 Å². The first-order valence-electron chi connectivity index (χ1n) is 10.2. The maximum atomic E-state index is 12.1. The van der Waals surface area contributed by atoms with E-state index in [2.05, 4.69) is 16.0 Å². The minimum Gasteiger partial charge on any atom is -0.478 e. The van der Waals surface area contributed by atoms with Crippen LogP contribution in [0.3, 0.4) is 0 Å². The molecule has 0 aliphatic carbocycles. The van der Waals surface area contributed by atoms with Gasteiger partial charge in [-0.2, -0.15) is 0 Å². The van der Waals surface area contributed by atoms with Crippen LogP contribution in [0.5, 0.6) is 0 Å². The standard InChI is InChI=1S/C13H13I3N2O4.C7H17NO5/c1-3-4-5(19)18-11-9(15)6(12(20)17-2)8(14)7(10(11)16)13(21)22;1-8-2-4(10)6(12)7(13)5(11)3-9/h3-4H2,1-2H3,(H,17,20)(H,18,19)(H,21,22);4-13H,2-3H2,1H3. The van der Waals surface area contributed by atoms with Crippen molar-refractivity contribution in [2.24, 2.45) is 0 Å². The third-order valence-corrected chi connectivity index (χ3v) is 7.70. The highest BCUT2D eigenvalue weighted by atomic mass is 127. The van der Waals surface area contributed by atoms with E-state index in [1.807, 2.05) is 74.7 Å². The Balaban J connectivity index is 0.000000761. The SMILES string of the molecule is CCCC(=O)Nc1c(I)c(C(=O)O)c(I)c(C(=O)NC)c1I.CNCC(O)C(O)C(O)C(O)CO. The average molecular weight is 837 g/mol. The first-order valence-corrected chi connectivity index (χ1v) is 13.5. The molecular weight excluding hydrogens is 807 g/mol. The van der Waals surface area contributed by atoms with Crippen LogP contribution in [0.15, 0.2) is 0 Å². The van der Waals surface area contributed by atoms with E-state index in [-0.39, 0.29) is 23.6 Å². The smallest absolute Gasteiger partial charge is 0.337 e. The number of aromatic carboxylic acids is 1. The van der Waals surface area contributed by atoms with Crippen LogP contribution >= 0.6 is 67.8 Å². The molecule has 35 heavy (non-hydrogen) atoms. The molecule has 0 aromatic heterocycles. The van der Waals surface area contributed by atoms with Crippen LogP contribution in [-0.2, 0) is 4.79 Å². The van der Waals surface area contributed by atoms with Crippen molar-refractivity contribution in [3.8, 4) is 0 Å². The Morgan fingerprint density at radius 1 is 0.886 bits per heavy atom. The predicted octanol–water partition coefficient (Wildman–Crippen LogP) is -0.0615. The first-order chi connectivity index (χ1) is 16.3. The molecule has 4 atom stereocenters. The molecule has 1 rings (SSSR count). The van der Waals surface area contributed by atoms with Gasteiger partial charge in [0.2, 0.25) is 5.91 Å². The Morgan fingerprint density at radius 3 is 1.83 bits per heavy atom. The summed E-state index contributed by atoms with van der Waals surface area (Å²) >= 11 is 5.69. The summed E-state index contributed by atoms with van der Waals surface area (Å²) in [7, 11) is 3.05. The molecule has 12 nitrogen and oxygen atoms in total. The van der Waals surface area contributed by atoms with E-state index in [9.17, 15) is 24.6 Å². The molecule has 0 radical (unpaired) electrons. The second-order valence-electron chi connectivity index (χ2n) is 7.11. The fourth-order valence-corrected chi connectivity index (χ4v) is 7.00. The minimum atomic E-state index is -1.55. The van der Waals surface area contributed by atoms with Gasteiger partial charge in [0.25, 0.3) is 5.91 Å². The molecule has 15 heteroatoms. The number of carboxylic acid groups (broad SMARTS) is 1. The molecule has 4 unspecified atom stereocenters. The average Bonchev–Trinajstić information content (AvgIpc) is 2.80. The molecule has 1 aromatic carbocycles. The summed E-state index contributed by atoms with van der Waals surface area (Å²) in [6, 6.07) is 0. The third kappa shape index (κ3) is 10.1. The van der Waals surface area contributed by atoms with Crippen LogP contribution in [0.1, 0.15) is 40.5 Å². The molecule has 0 aliphatic rings. The topological polar surface area (TPSA) is 209 Å². The van der Waals surface area contributed by atoms with Crippen molar-refractivity contribution in [2.75, 3.05) is 32.6 Å². The summed E-state index contributed by atoms with van der Waals surface area (Å²) in [5, 5.41) is 62.1. The van der Waals surface area contributed by atoms with Crippen molar-refractivity contribution in [3.63, 3.8) is 0 Å². The van der Waals surface area contributed by atoms with Gasteiger partial charge in [0, 0.05) is 23.6 Å². The Hall–Kier alpha value is -0.420. The Morgan fingerprint density at radius 2 is 1.40 bits per heavy atom. The Labute approximate surface area is 243 Å². The lowest BCUT2D eigenvalue weighted by Gasteiger charge is -2.25. The van der Waals surface area contributed by atoms with Gasteiger partial charge >= 0.3 is 5.97 Å². The molecule has 0 heterocycles. The van der Waals surface area contributed by atoms with Crippen molar-refractivity contribution in [1.82, 2.24) is 10.6 Å². The fourth-order valence-electron chi connectivity index (χ4n) is 2.61. The number of anilines is 1. The minimum absolute atomic E-state index is 0.0204. The van der Waals surface area contributed by atoms with E-state index < -0.39 is 42.9 Å². The number of amides is 2. The highest BCUT2D eigenvalue weighted by molar-refractivity contribution is 14.1. The van der Waals surface area contributed by atoms with Crippen molar-refractivity contribution >= 4 is 91.2 Å². The van der Waals surface area contributed by atoms with E-state index >= 15 is 0 Å². The highest BCUT2D eigenvalue weighted by Crippen LogP contribution is 2.35. The summed E-state index contributed by atoms with van der Waals surface area (Å²) in [5.41, 5.74) is 0.649. The van der Waals surface area contributed by atoms with Crippen LogP contribution < -0.4 is 16.0 Å². The number of hydrogen-bond donors (Lipinski definition) is 9. The maximum absolute atomic E-state index is 12.1. The molecule has 9 N–H and O–H groups in total. The zero-order valence-electron chi connectivity index (χ0n) is 19.2. The molecule has 0 bridgehead atoms. The van der Waals surface area contributed by atoms with E-state index in [1.165, 1.54) is 7.05 Å². The molecule has 0 spiro atoms. The van der Waals surface area contributed by atoms with Gasteiger partial charge in [0.1, 0.15) is 18.3 Å². The monoisotopic (exact) mass is 837 g/mol. The molecule has 1 aromatic rings. The highest BCUT2D eigenvalue weighted by Gasteiger charge is 2.29. The number of carbonyl (C=O) groups is 3. The number of carboxylic acids is 1. The third-order valence-electron chi connectivity index (χ3n) is 4.47. The van der Waals surface area contributed by atoms with Gasteiger partial charge < -0.3 is 46.6 Å². The molecule has 0 aliphatic heterocycles. The summed E-state index contributed by atoms with van der Waals surface area (Å²) in [4.78, 5) is 35.5. The Kier molecular flexibility index (Phi) is 17.0. The lowest BCUT2D eigenvalue weighted by atomic mass is 10.0. The van der Waals surface area contributed by atoms with Crippen molar-refractivity contribution in [3.05, 3.63) is 21.8 Å². The number of aliphatic hydroxyl groups excluding tert-OH is 5. The number of aliphatic hydroxyl groups is 5. The van der Waals surface area contributed by atoms with Gasteiger partial charge in [-0.15, -0.1) is 0 Å². The molecule has 200 valence electrons. The quantitative estimate of drug-likeness (QED) is 0.136. The molecule has 2 amide bonds. The van der Waals surface area contributed by atoms with Gasteiger partial charge in [0.15, 0.2) is 0 Å². The number of halogens is 3. The number of hydrogen-bond acceptors (Lipinski definition) is 9. The number of carbonyl (C=O) groups excluding carboxylic acids is 2. The fraction of sp³-hybridized carbons (Fsp3) is 0.550. The zero-order valence-corrected chi connectivity index (χ0v) is 25.7. The van der Waals surface area contributed by atoms with Crippen LogP contribution in [0.4, 0.5) is 5.69 Å². The van der Waals surface area contributed by atoms with Gasteiger partial charge in [-0.3, -0.25) is 9.59 Å². The van der Waals surface area contributed by atoms with Gasteiger partial charge in [-0.05, 0) is 81.2 Å². The van der Waals surface area contributed by atoms with Crippen LogP contribution in [0, 0.1) is 10.7 Å².